The van der Waals surface area contributed by atoms with E-state index in [2.05, 4.69) is 36.0 Å². The largest absolute Gasteiger partial charge is 0.471 e. The van der Waals surface area contributed by atoms with Gasteiger partial charge in [0.25, 0.3) is 5.91 Å². The van der Waals surface area contributed by atoms with Gasteiger partial charge in [-0.3, -0.25) is 19.8 Å². The van der Waals surface area contributed by atoms with Gasteiger partial charge in [0, 0.05) is 48.6 Å². The lowest BCUT2D eigenvalue weighted by atomic mass is 10.0. The molecule has 4 aromatic heterocycles. The third-order valence-electron chi connectivity index (χ3n) is 9.15. The molecular weight excluding hydrogens is 640 g/mol. The van der Waals surface area contributed by atoms with Crippen molar-refractivity contribution in [3.63, 3.8) is 0 Å². The number of amides is 1. The summed E-state index contributed by atoms with van der Waals surface area (Å²) in [7, 11) is 0. The lowest BCUT2D eigenvalue weighted by Crippen LogP contribution is -2.33. The number of rotatable bonds is 10. The monoisotopic (exact) mass is 674 g/mol. The van der Waals surface area contributed by atoms with Gasteiger partial charge in [0.2, 0.25) is 5.88 Å². The number of H-pyrrole nitrogens is 1. The zero-order valence-electron chi connectivity index (χ0n) is 27.0. The molecule has 6 aromatic rings. The van der Waals surface area contributed by atoms with E-state index in [-0.39, 0.29) is 12.0 Å². The highest BCUT2D eigenvalue weighted by Crippen LogP contribution is 2.28. The van der Waals surface area contributed by atoms with Gasteiger partial charge in [0.05, 0.1) is 57.8 Å². The first-order valence-corrected chi connectivity index (χ1v) is 16.8. The summed E-state index contributed by atoms with van der Waals surface area (Å²) in [5.41, 5.74) is 7.83. The van der Waals surface area contributed by atoms with E-state index in [0.29, 0.717) is 35.3 Å². The SMILES string of the molecule is Cc1n[nH]c2ccc(C(=O)Nc3ccc4c(c3)nc(CN3CC=C(c5cccc(OCc6ccc(Cl)cn6)n5)CC3)n4C[C@@H]3CCO3)cc12. The van der Waals surface area contributed by atoms with E-state index in [0.717, 1.165) is 83.9 Å². The maximum atomic E-state index is 13.2. The lowest BCUT2D eigenvalue weighted by Gasteiger charge is -2.29. The molecule has 2 N–H and O–H groups in total. The summed E-state index contributed by atoms with van der Waals surface area (Å²) in [6.07, 6.45) is 5.94. The molecule has 6 heterocycles. The quantitative estimate of drug-likeness (QED) is 0.167. The van der Waals surface area contributed by atoms with E-state index in [1.165, 1.54) is 5.57 Å². The molecule has 8 rings (SSSR count). The highest BCUT2D eigenvalue weighted by atomic mass is 35.5. The molecule has 1 atom stereocenters. The van der Waals surface area contributed by atoms with Crippen molar-refractivity contribution in [2.24, 2.45) is 0 Å². The summed E-state index contributed by atoms with van der Waals surface area (Å²) < 4.78 is 14.0. The number of nitrogens with one attached hydrogen (secondary N) is 2. The van der Waals surface area contributed by atoms with Crippen LogP contribution in [0.3, 0.4) is 0 Å². The van der Waals surface area contributed by atoms with Crippen molar-refractivity contribution in [2.75, 3.05) is 25.0 Å². The maximum Gasteiger partial charge on any atom is 0.255 e. The number of nitrogens with zero attached hydrogens (tertiary/aromatic N) is 6. The van der Waals surface area contributed by atoms with Crippen molar-refractivity contribution in [2.45, 2.75) is 45.6 Å². The van der Waals surface area contributed by atoms with Crippen molar-refractivity contribution in [1.29, 1.82) is 0 Å². The molecule has 11 nitrogen and oxygen atoms in total. The highest BCUT2D eigenvalue weighted by molar-refractivity contribution is 6.30. The first-order valence-electron chi connectivity index (χ1n) is 16.4. The molecule has 0 radical (unpaired) electrons. The molecule has 12 heteroatoms. The summed E-state index contributed by atoms with van der Waals surface area (Å²) in [5.74, 6) is 1.37. The molecule has 0 saturated carbocycles. The van der Waals surface area contributed by atoms with Crippen LogP contribution in [0.2, 0.25) is 5.02 Å². The van der Waals surface area contributed by atoms with Crippen LogP contribution in [-0.2, 0) is 24.4 Å². The second-order valence-corrected chi connectivity index (χ2v) is 12.9. The Bertz CT molecular complexity index is 2190. The number of anilines is 1. The molecule has 0 spiro atoms. The van der Waals surface area contributed by atoms with E-state index in [4.69, 9.17) is 31.0 Å². The van der Waals surface area contributed by atoms with Gasteiger partial charge < -0.3 is 19.4 Å². The molecule has 0 aliphatic carbocycles. The van der Waals surface area contributed by atoms with Crippen LogP contribution in [0.1, 0.15) is 46.1 Å². The Labute approximate surface area is 287 Å². The summed E-state index contributed by atoms with van der Waals surface area (Å²) in [6, 6.07) is 21.0. The number of benzene rings is 2. The number of carbonyl (C=O) groups excluding carboxylic acids is 1. The van der Waals surface area contributed by atoms with Crippen molar-refractivity contribution < 1.29 is 14.3 Å². The third kappa shape index (κ3) is 6.78. The van der Waals surface area contributed by atoms with E-state index < -0.39 is 0 Å². The second-order valence-electron chi connectivity index (χ2n) is 12.5. The molecule has 49 heavy (non-hydrogen) atoms. The average Bonchev–Trinajstić information content (AvgIpc) is 3.64. The molecule has 2 aromatic carbocycles. The summed E-state index contributed by atoms with van der Waals surface area (Å²) in [6.45, 7) is 6.14. The standard InChI is InChI=1S/C37H35ClN8O3/c1-23-30-17-25(5-9-32(30)44-43-23)37(47)40-27-8-10-34-33(18-27)41-35(46(34)20-29-13-16-48-29)21-45-14-11-24(12-15-45)31-3-2-4-36(42-31)49-22-28-7-6-26(38)19-39-28/h2-11,17-19,29H,12-16,20-22H2,1H3,(H,40,47)(H,43,44)/t29-/m0/s1. The summed E-state index contributed by atoms with van der Waals surface area (Å²) >= 11 is 5.95. The van der Waals surface area contributed by atoms with E-state index in [1.54, 1.807) is 18.3 Å². The first-order chi connectivity index (χ1) is 23.9. The van der Waals surface area contributed by atoms with Gasteiger partial charge in [-0.05, 0) is 79.9 Å². The van der Waals surface area contributed by atoms with Crippen LogP contribution in [0.25, 0.3) is 27.5 Å². The minimum atomic E-state index is -0.176. The molecule has 1 amide bonds. The zero-order chi connectivity index (χ0) is 33.3. The van der Waals surface area contributed by atoms with Gasteiger partial charge in [-0.1, -0.05) is 23.7 Å². The Morgan fingerprint density at radius 2 is 2.04 bits per heavy atom. The van der Waals surface area contributed by atoms with Gasteiger partial charge >= 0.3 is 0 Å². The van der Waals surface area contributed by atoms with Crippen LogP contribution in [-0.4, -0.2) is 66.3 Å². The topological polar surface area (TPSA) is 123 Å². The molecular formula is C37H35ClN8O3. The fourth-order valence-corrected chi connectivity index (χ4v) is 6.42. The van der Waals surface area contributed by atoms with Crippen LogP contribution in [0.4, 0.5) is 5.69 Å². The van der Waals surface area contributed by atoms with E-state index in [1.807, 2.05) is 61.5 Å². The Hall–Kier alpha value is -5.10. The molecule has 0 unspecified atom stereocenters. The number of carbonyl (C=O) groups is 1. The fraction of sp³-hybridized carbons (Fsp3) is 0.270. The maximum absolute atomic E-state index is 13.2. The van der Waals surface area contributed by atoms with Crippen LogP contribution >= 0.6 is 11.6 Å². The minimum Gasteiger partial charge on any atom is -0.471 e. The number of aryl methyl sites for hydroxylation is 1. The lowest BCUT2D eigenvalue weighted by molar-refractivity contribution is -0.0591. The predicted octanol–water partition coefficient (Wildman–Crippen LogP) is 6.57. The number of aromatic amines is 1. The second kappa shape index (κ2) is 13.4. The number of halogens is 1. The average molecular weight is 675 g/mol. The number of aromatic nitrogens is 6. The summed E-state index contributed by atoms with van der Waals surface area (Å²) in [5, 5.41) is 11.8. The van der Waals surface area contributed by atoms with Gasteiger partial charge in [0.15, 0.2) is 0 Å². The van der Waals surface area contributed by atoms with Gasteiger partial charge in [-0.15, -0.1) is 0 Å². The molecule has 1 saturated heterocycles. The van der Waals surface area contributed by atoms with Crippen molar-refractivity contribution in [3.8, 4) is 5.88 Å². The number of imidazole rings is 1. The van der Waals surface area contributed by atoms with Crippen molar-refractivity contribution in [3.05, 3.63) is 112 Å². The summed E-state index contributed by atoms with van der Waals surface area (Å²) in [4.78, 5) is 29.7. The van der Waals surface area contributed by atoms with Crippen LogP contribution < -0.4 is 10.1 Å². The molecule has 2 aliphatic heterocycles. The minimum absolute atomic E-state index is 0.176. The number of pyridine rings is 2. The van der Waals surface area contributed by atoms with Crippen molar-refractivity contribution >= 4 is 50.7 Å². The van der Waals surface area contributed by atoms with E-state index >= 15 is 0 Å². The number of fused-ring (bicyclic) bond motifs is 2. The van der Waals surface area contributed by atoms with Crippen LogP contribution in [0, 0.1) is 6.92 Å². The third-order valence-corrected chi connectivity index (χ3v) is 9.37. The number of hydrogen-bond donors (Lipinski definition) is 2. The first kappa shape index (κ1) is 31.2. The number of ether oxygens (including phenoxy) is 2. The molecule has 248 valence electrons. The van der Waals surface area contributed by atoms with Crippen LogP contribution in [0.15, 0.2) is 79.0 Å². The zero-order valence-corrected chi connectivity index (χ0v) is 27.8. The number of hydrogen-bond acceptors (Lipinski definition) is 8. The Balaban J connectivity index is 0.963. The van der Waals surface area contributed by atoms with Gasteiger partial charge in [-0.25, -0.2) is 9.97 Å². The van der Waals surface area contributed by atoms with E-state index in [9.17, 15) is 4.79 Å². The Morgan fingerprint density at radius 3 is 2.84 bits per heavy atom. The highest BCUT2D eigenvalue weighted by Gasteiger charge is 2.24. The van der Waals surface area contributed by atoms with Crippen molar-refractivity contribution in [1.82, 2.24) is 34.6 Å². The smallest absolute Gasteiger partial charge is 0.255 e. The van der Waals surface area contributed by atoms with Gasteiger partial charge in [-0.2, -0.15) is 5.10 Å². The predicted molar refractivity (Wildman–Crippen MR) is 189 cm³/mol. The molecule has 1 fully saturated rings. The Kier molecular flexibility index (Phi) is 8.54. The normalized spacial score (nSPS) is 16.4. The molecule has 0 bridgehead atoms. The Morgan fingerprint density at radius 1 is 1.12 bits per heavy atom. The fourth-order valence-electron chi connectivity index (χ4n) is 6.31. The molecule has 2 aliphatic rings. The van der Waals surface area contributed by atoms with Gasteiger partial charge in [0.1, 0.15) is 12.4 Å². The van der Waals surface area contributed by atoms with Crippen LogP contribution in [0.5, 0.6) is 5.88 Å².